The van der Waals surface area contributed by atoms with Crippen LogP contribution in [-0.2, 0) is 22.4 Å². The van der Waals surface area contributed by atoms with E-state index in [2.05, 4.69) is 32.7 Å². The highest BCUT2D eigenvalue weighted by atomic mass is 19.1. The Bertz CT molecular complexity index is 1220. The molecule has 9 nitrogen and oxygen atoms in total. The number of aryl methyl sites for hydroxylation is 2. The zero-order valence-corrected chi connectivity index (χ0v) is 23.1. The minimum absolute atomic E-state index is 0.00630. The molecule has 0 amide bonds. The van der Waals surface area contributed by atoms with Gasteiger partial charge in [0.05, 0.1) is 6.61 Å². The Hall–Kier alpha value is -3.63. The number of rotatable bonds is 16. The average Bonchev–Trinajstić information content (AvgIpc) is 2.97. The van der Waals surface area contributed by atoms with Gasteiger partial charge in [-0.1, -0.05) is 36.4 Å². The molecule has 2 unspecified atom stereocenters. The summed E-state index contributed by atoms with van der Waals surface area (Å²) in [6, 6.07) is 14.5. The minimum Gasteiger partial charge on any atom is -0.480 e. The van der Waals surface area contributed by atoms with Gasteiger partial charge in [0.15, 0.2) is 5.82 Å². The largest absolute Gasteiger partial charge is 0.480 e. The van der Waals surface area contributed by atoms with Crippen LogP contribution in [0.4, 0.5) is 16.0 Å². The lowest BCUT2D eigenvalue weighted by molar-refractivity contribution is -0.138. The monoisotopic (exact) mass is 550 g/mol. The SMILES string of the molecule is COCC(F)CN(CCCCc1ccc2c(n1)NCCC2)CCC(Nc1ccnc(-c2ccccc2)n1)C(=O)O. The van der Waals surface area contributed by atoms with Crippen molar-refractivity contribution in [2.75, 3.05) is 50.5 Å². The van der Waals surface area contributed by atoms with E-state index in [1.807, 2.05) is 35.2 Å². The highest BCUT2D eigenvalue weighted by Crippen LogP contribution is 2.21. The predicted octanol–water partition coefficient (Wildman–Crippen LogP) is 4.46. The summed E-state index contributed by atoms with van der Waals surface area (Å²) in [4.78, 5) is 27.6. The van der Waals surface area contributed by atoms with Crippen LogP contribution in [0.2, 0.25) is 0 Å². The van der Waals surface area contributed by atoms with Gasteiger partial charge in [-0.25, -0.2) is 24.1 Å². The maximum Gasteiger partial charge on any atom is 0.326 e. The van der Waals surface area contributed by atoms with Crippen LogP contribution in [-0.4, -0.2) is 83.0 Å². The summed E-state index contributed by atoms with van der Waals surface area (Å²) >= 11 is 0. The Labute approximate surface area is 235 Å². The number of hydrogen-bond acceptors (Lipinski definition) is 8. The molecule has 0 spiro atoms. The highest BCUT2D eigenvalue weighted by Gasteiger charge is 2.21. The van der Waals surface area contributed by atoms with Crippen molar-refractivity contribution in [1.29, 1.82) is 0 Å². The molecule has 2 atom stereocenters. The van der Waals surface area contributed by atoms with Gasteiger partial charge in [0.25, 0.3) is 0 Å². The number of carbonyl (C=O) groups is 1. The molecule has 2 aromatic heterocycles. The summed E-state index contributed by atoms with van der Waals surface area (Å²) < 4.78 is 19.5. The van der Waals surface area contributed by atoms with Crippen molar-refractivity contribution in [1.82, 2.24) is 19.9 Å². The van der Waals surface area contributed by atoms with Crippen LogP contribution in [0.15, 0.2) is 54.7 Å². The summed E-state index contributed by atoms with van der Waals surface area (Å²) in [6.45, 7) is 2.23. The van der Waals surface area contributed by atoms with Crippen LogP contribution in [0.25, 0.3) is 11.4 Å². The first-order chi connectivity index (χ1) is 19.5. The van der Waals surface area contributed by atoms with Gasteiger partial charge in [-0.2, -0.15) is 0 Å². The fourth-order valence-corrected chi connectivity index (χ4v) is 4.87. The van der Waals surface area contributed by atoms with Crippen LogP contribution in [0.5, 0.6) is 0 Å². The van der Waals surface area contributed by atoms with Crippen molar-refractivity contribution in [2.24, 2.45) is 0 Å². The van der Waals surface area contributed by atoms with Crippen LogP contribution < -0.4 is 10.6 Å². The topological polar surface area (TPSA) is 113 Å². The third kappa shape index (κ3) is 8.96. The second kappa shape index (κ2) is 15.2. The lowest BCUT2D eigenvalue weighted by atomic mass is 10.1. The van der Waals surface area contributed by atoms with Crippen LogP contribution in [0.3, 0.4) is 0 Å². The smallest absolute Gasteiger partial charge is 0.326 e. The fraction of sp³-hybridized carbons (Fsp3) is 0.467. The quantitative estimate of drug-likeness (QED) is 0.223. The van der Waals surface area contributed by atoms with Gasteiger partial charge in [0.2, 0.25) is 0 Å². The number of aromatic nitrogens is 3. The van der Waals surface area contributed by atoms with Crippen molar-refractivity contribution >= 4 is 17.6 Å². The van der Waals surface area contributed by atoms with Crippen LogP contribution >= 0.6 is 0 Å². The zero-order chi connectivity index (χ0) is 28.2. The number of ether oxygens (including phenoxy) is 1. The van der Waals surface area contributed by atoms with Gasteiger partial charge in [0, 0.05) is 44.2 Å². The standard InChI is InChI=1S/C30H39FN6O3/c1-40-21-24(31)20-37(18-6-5-11-25-13-12-23-10-7-16-32-28(23)34-25)19-15-26(30(38)39)35-27-14-17-33-29(36-27)22-8-3-2-4-9-22/h2-4,8-9,12-14,17,24,26H,5-7,10-11,15-16,18-21H2,1H3,(H,32,34)(H,38,39)(H,33,35,36). The molecule has 4 rings (SSSR count). The fourth-order valence-electron chi connectivity index (χ4n) is 4.87. The molecule has 3 heterocycles. The van der Waals surface area contributed by atoms with E-state index in [1.165, 1.54) is 12.7 Å². The number of carboxylic acids is 1. The maximum absolute atomic E-state index is 14.5. The van der Waals surface area contributed by atoms with Crippen molar-refractivity contribution in [3.63, 3.8) is 0 Å². The summed E-state index contributed by atoms with van der Waals surface area (Å²) in [6.07, 6.45) is 5.55. The zero-order valence-electron chi connectivity index (χ0n) is 23.1. The normalized spacial score (nSPS) is 14.3. The molecule has 40 heavy (non-hydrogen) atoms. The number of aliphatic carboxylic acids is 1. The maximum atomic E-state index is 14.5. The minimum atomic E-state index is -1.15. The molecular weight excluding hydrogens is 511 g/mol. The van der Waals surface area contributed by atoms with E-state index in [0.717, 1.165) is 55.7 Å². The van der Waals surface area contributed by atoms with Gasteiger partial charge >= 0.3 is 5.97 Å². The number of hydrogen-bond donors (Lipinski definition) is 3. The van der Waals surface area contributed by atoms with E-state index >= 15 is 0 Å². The number of benzene rings is 1. The van der Waals surface area contributed by atoms with E-state index in [0.29, 0.717) is 24.7 Å². The molecule has 0 saturated heterocycles. The lowest BCUT2D eigenvalue weighted by Crippen LogP contribution is -2.38. The molecule has 0 bridgehead atoms. The first-order valence-corrected chi connectivity index (χ1v) is 14.0. The van der Waals surface area contributed by atoms with Gasteiger partial charge in [-0.3, -0.25) is 0 Å². The summed E-state index contributed by atoms with van der Waals surface area (Å²) in [5, 5.41) is 16.3. The average molecular weight is 551 g/mol. The van der Waals surface area contributed by atoms with Crippen molar-refractivity contribution in [3.8, 4) is 11.4 Å². The molecule has 1 aromatic carbocycles. The molecule has 0 radical (unpaired) electrons. The summed E-state index contributed by atoms with van der Waals surface area (Å²) in [5.74, 6) is 0.959. The van der Waals surface area contributed by atoms with Gasteiger partial charge in [-0.05, 0) is 62.8 Å². The van der Waals surface area contributed by atoms with E-state index in [-0.39, 0.29) is 19.6 Å². The Balaban J connectivity index is 1.32. The number of nitrogens with zero attached hydrogens (tertiary/aromatic N) is 4. The summed E-state index contributed by atoms with van der Waals surface area (Å²) in [7, 11) is 1.48. The molecule has 3 aromatic rings. The predicted molar refractivity (Wildman–Crippen MR) is 154 cm³/mol. The van der Waals surface area contributed by atoms with Crippen molar-refractivity contribution < 1.29 is 19.0 Å². The number of pyridine rings is 1. The molecule has 1 aliphatic rings. The second-order valence-electron chi connectivity index (χ2n) is 10.1. The Kier molecular flexibility index (Phi) is 11.2. The van der Waals surface area contributed by atoms with Crippen LogP contribution in [0, 0.1) is 0 Å². The highest BCUT2D eigenvalue weighted by molar-refractivity contribution is 5.77. The first-order valence-electron chi connectivity index (χ1n) is 14.0. The number of unbranched alkanes of at least 4 members (excludes halogenated alkanes) is 1. The molecule has 214 valence electrons. The molecule has 10 heteroatoms. The van der Waals surface area contributed by atoms with E-state index in [1.54, 1.807) is 12.3 Å². The molecule has 0 aliphatic carbocycles. The number of alkyl halides is 1. The van der Waals surface area contributed by atoms with Crippen molar-refractivity contribution in [2.45, 2.75) is 50.7 Å². The molecule has 0 fully saturated rings. The third-order valence-electron chi connectivity index (χ3n) is 6.95. The number of carboxylic acid groups (broad SMARTS) is 1. The number of halogens is 1. The van der Waals surface area contributed by atoms with E-state index in [4.69, 9.17) is 9.72 Å². The molecule has 1 aliphatic heterocycles. The van der Waals surface area contributed by atoms with E-state index < -0.39 is 18.2 Å². The number of anilines is 2. The third-order valence-corrected chi connectivity index (χ3v) is 6.95. The number of nitrogens with one attached hydrogen (secondary N) is 2. The molecule has 3 N–H and O–H groups in total. The molecular formula is C30H39FN6O3. The van der Waals surface area contributed by atoms with E-state index in [9.17, 15) is 14.3 Å². The lowest BCUT2D eigenvalue weighted by Gasteiger charge is -2.26. The van der Waals surface area contributed by atoms with Gasteiger partial charge in [-0.15, -0.1) is 0 Å². The van der Waals surface area contributed by atoms with Crippen molar-refractivity contribution in [3.05, 3.63) is 66.0 Å². The second-order valence-corrected chi connectivity index (χ2v) is 10.1. The Morgan fingerprint density at radius 1 is 1.15 bits per heavy atom. The number of fused-ring (bicyclic) bond motifs is 1. The van der Waals surface area contributed by atoms with Crippen LogP contribution in [0.1, 0.15) is 36.9 Å². The van der Waals surface area contributed by atoms with Gasteiger partial charge in [0.1, 0.15) is 23.8 Å². The number of methoxy groups -OCH3 is 1. The first kappa shape index (κ1) is 29.4. The molecule has 0 saturated carbocycles. The Morgan fingerprint density at radius 2 is 2.00 bits per heavy atom. The summed E-state index contributed by atoms with van der Waals surface area (Å²) in [5.41, 5.74) is 3.17. The Morgan fingerprint density at radius 3 is 2.80 bits per heavy atom. The van der Waals surface area contributed by atoms with Gasteiger partial charge < -0.3 is 25.4 Å².